The van der Waals surface area contributed by atoms with E-state index in [0.717, 1.165) is 0 Å². The number of hydrogen-bond donors (Lipinski definition) is 1. The third-order valence-corrected chi connectivity index (χ3v) is 2.17. The number of benzene rings is 1. The second-order valence-electron chi connectivity index (χ2n) is 3.21. The van der Waals surface area contributed by atoms with Gasteiger partial charge in [0.25, 0.3) is 0 Å². The maximum Gasteiger partial charge on any atom is 0.110 e. The van der Waals surface area contributed by atoms with Gasteiger partial charge in [-0.15, -0.1) is 0 Å². The third kappa shape index (κ3) is 2.05. The van der Waals surface area contributed by atoms with Crippen LogP contribution in [0.15, 0.2) is 30.3 Å². The predicted octanol–water partition coefficient (Wildman–Crippen LogP) is 0.892. The first-order valence-corrected chi connectivity index (χ1v) is 4.07. The largest absolute Gasteiger partial charge is 0.334 e. The van der Waals surface area contributed by atoms with Crippen molar-refractivity contribution in [3.8, 4) is 0 Å². The van der Waals surface area contributed by atoms with E-state index in [-0.39, 0.29) is 0 Å². The molecule has 0 radical (unpaired) electrons. The smallest absolute Gasteiger partial charge is 0.110 e. The van der Waals surface area contributed by atoms with Gasteiger partial charge >= 0.3 is 0 Å². The van der Waals surface area contributed by atoms with E-state index in [0.29, 0.717) is 6.04 Å². The Labute approximate surface area is 68.7 Å². The molecule has 0 bridgehead atoms. The summed E-state index contributed by atoms with van der Waals surface area (Å²) in [5, 5.41) is 0. The minimum atomic E-state index is 0.594. The summed E-state index contributed by atoms with van der Waals surface area (Å²) < 4.78 is 0. The topological polar surface area (TPSA) is 4.44 Å². The Balaban J connectivity index is 2.77. The highest BCUT2D eigenvalue weighted by Crippen LogP contribution is 2.06. The number of hydrogen-bond acceptors (Lipinski definition) is 0. The third-order valence-electron chi connectivity index (χ3n) is 2.17. The molecule has 1 aromatic rings. The Kier molecular flexibility index (Phi) is 2.66. The van der Waals surface area contributed by atoms with E-state index < -0.39 is 0 Å². The van der Waals surface area contributed by atoms with Crippen molar-refractivity contribution in [3.05, 3.63) is 35.9 Å². The van der Waals surface area contributed by atoms with Crippen LogP contribution in [0.5, 0.6) is 0 Å². The van der Waals surface area contributed by atoms with E-state index in [1.807, 2.05) is 0 Å². The fourth-order valence-corrected chi connectivity index (χ4v) is 1.08. The summed E-state index contributed by atoms with van der Waals surface area (Å²) in [7, 11) is 4.36. The summed E-state index contributed by atoms with van der Waals surface area (Å²) in [5.41, 5.74) is 1.41. The van der Waals surface area contributed by atoms with Crippen LogP contribution >= 0.6 is 0 Å². The molecule has 1 aromatic carbocycles. The lowest BCUT2D eigenvalue weighted by molar-refractivity contribution is -0.890. The monoisotopic (exact) mass is 150 g/mol. The van der Waals surface area contributed by atoms with Crippen molar-refractivity contribution >= 4 is 0 Å². The van der Waals surface area contributed by atoms with Gasteiger partial charge in [-0.2, -0.15) is 0 Å². The van der Waals surface area contributed by atoms with Crippen LogP contribution in [0.2, 0.25) is 0 Å². The maximum atomic E-state index is 2.24. The fourth-order valence-electron chi connectivity index (χ4n) is 1.08. The molecule has 0 aliphatic rings. The molecule has 60 valence electrons. The Hall–Kier alpha value is -0.820. The van der Waals surface area contributed by atoms with Crippen LogP contribution < -0.4 is 4.90 Å². The highest BCUT2D eigenvalue weighted by atomic mass is 15.1. The minimum absolute atomic E-state index is 0.594. The fraction of sp³-hybridized carbons (Fsp3) is 0.400. The first kappa shape index (κ1) is 8.28. The van der Waals surface area contributed by atoms with Gasteiger partial charge < -0.3 is 4.90 Å². The van der Waals surface area contributed by atoms with Crippen LogP contribution in [0, 0.1) is 0 Å². The molecule has 0 amide bonds. The molecule has 0 aliphatic heterocycles. The van der Waals surface area contributed by atoms with Gasteiger partial charge in [0.1, 0.15) is 6.04 Å². The normalized spacial score (nSPS) is 13.5. The molecule has 0 aromatic heterocycles. The minimum Gasteiger partial charge on any atom is -0.334 e. The molecule has 1 nitrogen and oxygen atoms in total. The van der Waals surface area contributed by atoms with Crippen LogP contribution in [-0.2, 0) is 0 Å². The van der Waals surface area contributed by atoms with E-state index in [9.17, 15) is 0 Å². The Morgan fingerprint density at radius 3 is 2.09 bits per heavy atom. The van der Waals surface area contributed by atoms with Crippen molar-refractivity contribution in [2.45, 2.75) is 13.0 Å². The van der Waals surface area contributed by atoms with Crippen molar-refractivity contribution in [1.29, 1.82) is 0 Å². The molecule has 0 saturated carbocycles. The van der Waals surface area contributed by atoms with Crippen molar-refractivity contribution < 1.29 is 4.90 Å². The van der Waals surface area contributed by atoms with E-state index in [4.69, 9.17) is 0 Å². The molecule has 1 N–H and O–H groups in total. The van der Waals surface area contributed by atoms with Crippen LogP contribution in [0.4, 0.5) is 0 Å². The van der Waals surface area contributed by atoms with E-state index in [1.165, 1.54) is 10.5 Å². The molecule has 1 heteroatoms. The van der Waals surface area contributed by atoms with Crippen molar-refractivity contribution in [2.24, 2.45) is 0 Å². The lowest BCUT2D eigenvalue weighted by Gasteiger charge is -2.16. The summed E-state index contributed by atoms with van der Waals surface area (Å²) in [6.45, 7) is 2.24. The molecule has 1 unspecified atom stereocenters. The van der Waals surface area contributed by atoms with Gasteiger partial charge in [-0.3, -0.25) is 0 Å². The predicted molar refractivity (Wildman–Crippen MR) is 47.7 cm³/mol. The molecular weight excluding hydrogens is 134 g/mol. The van der Waals surface area contributed by atoms with Crippen molar-refractivity contribution in [2.75, 3.05) is 14.1 Å². The van der Waals surface area contributed by atoms with Crippen LogP contribution in [0.25, 0.3) is 0 Å². The molecule has 0 fully saturated rings. The zero-order valence-corrected chi connectivity index (χ0v) is 7.46. The zero-order valence-electron chi connectivity index (χ0n) is 7.46. The van der Waals surface area contributed by atoms with E-state index >= 15 is 0 Å². The Morgan fingerprint density at radius 2 is 1.64 bits per heavy atom. The van der Waals surface area contributed by atoms with Crippen molar-refractivity contribution in [1.82, 2.24) is 0 Å². The highest BCUT2D eigenvalue weighted by molar-refractivity contribution is 5.16. The average Bonchev–Trinajstić information content (AvgIpc) is 2.05. The van der Waals surface area contributed by atoms with Crippen molar-refractivity contribution in [3.63, 3.8) is 0 Å². The molecule has 0 aliphatic carbocycles. The van der Waals surface area contributed by atoms with E-state index in [2.05, 4.69) is 51.4 Å². The SMILES string of the molecule is CC(c1ccccc1)[NH+](C)C. The van der Waals surface area contributed by atoms with Gasteiger partial charge in [-0.1, -0.05) is 30.3 Å². The molecule has 1 rings (SSSR count). The molecule has 0 heterocycles. The standard InChI is InChI=1S/C10H15N/c1-9(11(2)3)10-7-5-4-6-8-10/h4-9H,1-3H3/p+1. The summed E-state index contributed by atoms with van der Waals surface area (Å²) in [6, 6.07) is 11.2. The Morgan fingerprint density at radius 1 is 1.09 bits per heavy atom. The molecule has 0 spiro atoms. The van der Waals surface area contributed by atoms with Gasteiger partial charge in [0.05, 0.1) is 14.1 Å². The van der Waals surface area contributed by atoms with Gasteiger partial charge in [0, 0.05) is 5.56 Å². The summed E-state index contributed by atoms with van der Waals surface area (Å²) in [6.07, 6.45) is 0. The molecule has 1 atom stereocenters. The van der Waals surface area contributed by atoms with Gasteiger partial charge in [-0.05, 0) is 6.92 Å². The molecular formula is C10H16N+. The lowest BCUT2D eigenvalue weighted by Crippen LogP contribution is -3.05. The van der Waals surface area contributed by atoms with Gasteiger partial charge in [0.15, 0.2) is 0 Å². The quantitative estimate of drug-likeness (QED) is 0.638. The number of rotatable bonds is 2. The van der Waals surface area contributed by atoms with Gasteiger partial charge in [-0.25, -0.2) is 0 Å². The summed E-state index contributed by atoms with van der Waals surface area (Å²) in [5.74, 6) is 0. The second kappa shape index (κ2) is 3.54. The molecule has 11 heavy (non-hydrogen) atoms. The van der Waals surface area contributed by atoms with Crippen LogP contribution in [0.1, 0.15) is 18.5 Å². The maximum absolute atomic E-state index is 2.24. The Bertz CT molecular complexity index is 203. The number of nitrogens with one attached hydrogen (secondary N) is 1. The average molecular weight is 150 g/mol. The lowest BCUT2D eigenvalue weighted by atomic mass is 10.1. The van der Waals surface area contributed by atoms with Crippen LogP contribution in [-0.4, -0.2) is 14.1 Å². The second-order valence-corrected chi connectivity index (χ2v) is 3.21. The first-order valence-electron chi connectivity index (χ1n) is 4.07. The zero-order chi connectivity index (χ0) is 8.27. The molecule has 0 saturated heterocycles. The van der Waals surface area contributed by atoms with Crippen LogP contribution in [0.3, 0.4) is 0 Å². The number of quaternary nitrogens is 1. The summed E-state index contributed by atoms with van der Waals surface area (Å²) >= 11 is 0. The highest BCUT2D eigenvalue weighted by Gasteiger charge is 2.08. The van der Waals surface area contributed by atoms with E-state index in [1.54, 1.807) is 0 Å². The first-order chi connectivity index (χ1) is 5.22. The summed E-state index contributed by atoms with van der Waals surface area (Å²) in [4.78, 5) is 1.47. The van der Waals surface area contributed by atoms with Gasteiger partial charge in [0.2, 0.25) is 0 Å².